The first-order chi connectivity index (χ1) is 6.18. The number of carbonyl (C=O) groups excluding carboxylic acids is 1. The molecule has 0 aliphatic rings. The molecule has 2 amide bonds. The summed E-state index contributed by atoms with van der Waals surface area (Å²) in [6, 6.07) is -0.0703. The van der Waals surface area contributed by atoms with Crippen LogP contribution in [0.5, 0.6) is 0 Å². The average molecular weight is 188 g/mol. The molecule has 0 unspecified atom stereocenters. The summed E-state index contributed by atoms with van der Waals surface area (Å²) in [6.07, 6.45) is 2.23. The SMILES string of the molecule is CCCCOCCNC(=O)N(C)C. The van der Waals surface area contributed by atoms with E-state index in [1.807, 2.05) is 0 Å². The highest BCUT2D eigenvalue weighted by molar-refractivity contribution is 5.73. The van der Waals surface area contributed by atoms with Crippen molar-refractivity contribution in [2.24, 2.45) is 0 Å². The molecule has 1 N–H and O–H groups in total. The van der Waals surface area contributed by atoms with Crippen molar-refractivity contribution in [2.75, 3.05) is 33.9 Å². The molecule has 0 aliphatic heterocycles. The van der Waals surface area contributed by atoms with E-state index in [2.05, 4.69) is 12.2 Å². The summed E-state index contributed by atoms with van der Waals surface area (Å²) in [5, 5.41) is 2.72. The Bertz CT molecular complexity index is 138. The lowest BCUT2D eigenvalue weighted by Gasteiger charge is -2.11. The topological polar surface area (TPSA) is 41.6 Å². The van der Waals surface area contributed by atoms with Crippen molar-refractivity contribution in [1.29, 1.82) is 0 Å². The quantitative estimate of drug-likeness (QED) is 0.634. The van der Waals surface area contributed by atoms with Gasteiger partial charge in [-0.25, -0.2) is 4.79 Å². The van der Waals surface area contributed by atoms with Crippen LogP contribution < -0.4 is 5.32 Å². The van der Waals surface area contributed by atoms with Crippen molar-refractivity contribution in [2.45, 2.75) is 19.8 Å². The van der Waals surface area contributed by atoms with E-state index >= 15 is 0 Å². The van der Waals surface area contributed by atoms with Gasteiger partial charge in [0.15, 0.2) is 0 Å². The Morgan fingerprint density at radius 2 is 2.08 bits per heavy atom. The van der Waals surface area contributed by atoms with Crippen LogP contribution in [0.25, 0.3) is 0 Å². The van der Waals surface area contributed by atoms with Gasteiger partial charge in [-0.3, -0.25) is 0 Å². The summed E-state index contributed by atoms with van der Waals surface area (Å²) >= 11 is 0. The number of rotatable bonds is 6. The summed E-state index contributed by atoms with van der Waals surface area (Å²) in [7, 11) is 3.43. The first-order valence-corrected chi connectivity index (χ1v) is 4.71. The van der Waals surface area contributed by atoms with E-state index in [1.165, 1.54) is 4.90 Å². The number of nitrogens with zero attached hydrogens (tertiary/aromatic N) is 1. The van der Waals surface area contributed by atoms with Crippen molar-refractivity contribution in [3.63, 3.8) is 0 Å². The van der Waals surface area contributed by atoms with Gasteiger partial charge < -0.3 is 15.0 Å². The van der Waals surface area contributed by atoms with Crippen LogP contribution in [0.4, 0.5) is 4.79 Å². The first kappa shape index (κ1) is 12.2. The van der Waals surface area contributed by atoms with Gasteiger partial charge in [-0.15, -0.1) is 0 Å². The zero-order valence-electron chi connectivity index (χ0n) is 8.80. The molecule has 0 heterocycles. The maximum absolute atomic E-state index is 11.0. The average Bonchev–Trinajstić information content (AvgIpc) is 2.10. The van der Waals surface area contributed by atoms with Gasteiger partial charge in [0.2, 0.25) is 0 Å². The second-order valence-electron chi connectivity index (χ2n) is 3.09. The predicted molar refractivity (Wildman–Crippen MR) is 52.8 cm³/mol. The Hall–Kier alpha value is -0.770. The molecule has 78 valence electrons. The zero-order chi connectivity index (χ0) is 10.1. The molecule has 0 spiro atoms. The highest BCUT2D eigenvalue weighted by Gasteiger charge is 1.99. The van der Waals surface area contributed by atoms with Gasteiger partial charge in [-0.2, -0.15) is 0 Å². The van der Waals surface area contributed by atoms with Gasteiger partial charge in [0, 0.05) is 27.2 Å². The number of urea groups is 1. The summed E-state index contributed by atoms with van der Waals surface area (Å²) in [6.45, 7) is 4.09. The van der Waals surface area contributed by atoms with Crippen molar-refractivity contribution in [1.82, 2.24) is 10.2 Å². The molecule has 0 rings (SSSR count). The highest BCUT2D eigenvalue weighted by Crippen LogP contribution is 1.86. The molecular formula is C9H20N2O2. The fraction of sp³-hybridized carbons (Fsp3) is 0.889. The lowest BCUT2D eigenvalue weighted by Crippen LogP contribution is -2.36. The number of carbonyl (C=O) groups is 1. The van der Waals surface area contributed by atoms with Crippen LogP contribution in [-0.2, 0) is 4.74 Å². The van der Waals surface area contributed by atoms with E-state index < -0.39 is 0 Å². The summed E-state index contributed by atoms with van der Waals surface area (Å²) in [5.41, 5.74) is 0. The molecule has 13 heavy (non-hydrogen) atoms. The Morgan fingerprint density at radius 1 is 1.38 bits per heavy atom. The molecular weight excluding hydrogens is 168 g/mol. The third-order valence-electron chi connectivity index (χ3n) is 1.57. The maximum atomic E-state index is 11.0. The van der Waals surface area contributed by atoms with Crippen molar-refractivity contribution in [3.8, 4) is 0 Å². The van der Waals surface area contributed by atoms with Crippen LogP contribution in [0.1, 0.15) is 19.8 Å². The van der Waals surface area contributed by atoms with Gasteiger partial charge in [0.05, 0.1) is 6.61 Å². The van der Waals surface area contributed by atoms with E-state index in [-0.39, 0.29) is 6.03 Å². The number of amides is 2. The van der Waals surface area contributed by atoms with Crippen molar-refractivity contribution in [3.05, 3.63) is 0 Å². The smallest absolute Gasteiger partial charge is 0.316 e. The van der Waals surface area contributed by atoms with E-state index in [4.69, 9.17) is 4.74 Å². The molecule has 0 aliphatic carbocycles. The number of hydrogen-bond donors (Lipinski definition) is 1. The molecule has 0 fully saturated rings. The molecule has 0 saturated heterocycles. The second kappa shape index (κ2) is 7.86. The van der Waals surface area contributed by atoms with Gasteiger partial charge in [-0.05, 0) is 6.42 Å². The molecule has 4 nitrogen and oxygen atoms in total. The maximum Gasteiger partial charge on any atom is 0.316 e. The molecule has 0 atom stereocenters. The Morgan fingerprint density at radius 3 is 2.62 bits per heavy atom. The van der Waals surface area contributed by atoms with E-state index in [0.717, 1.165) is 19.4 Å². The fourth-order valence-corrected chi connectivity index (χ4v) is 0.737. The standard InChI is InChI=1S/C9H20N2O2/c1-4-5-7-13-8-6-10-9(12)11(2)3/h4-8H2,1-3H3,(H,10,12). The lowest BCUT2D eigenvalue weighted by atomic mass is 10.4. The van der Waals surface area contributed by atoms with Crippen LogP contribution in [0.15, 0.2) is 0 Å². The molecule has 0 bridgehead atoms. The van der Waals surface area contributed by atoms with E-state index in [0.29, 0.717) is 13.2 Å². The Balaban J connectivity index is 3.12. The number of hydrogen-bond acceptors (Lipinski definition) is 2. The monoisotopic (exact) mass is 188 g/mol. The minimum Gasteiger partial charge on any atom is -0.380 e. The first-order valence-electron chi connectivity index (χ1n) is 4.71. The third-order valence-corrected chi connectivity index (χ3v) is 1.57. The van der Waals surface area contributed by atoms with E-state index in [1.54, 1.807) is 14.1 Å². The van der Waals surface area contributed by atoms with Gasteiger partial charge in [0.1, 0.15) is 0 Å². The number of ether oxygens (including phenoxy) is 1. The van der Waals surface area contributed by atoms with E-state index in [9.17, 15) is 4.79 Å². The third kappa shape index (κ3) is 7.59. The normalized spacial score (nSPS) is 9.77. The minimum absolute atomic E-state index is 0.0703. The summed E-state index contributed by atoms with van der Waals surface area (Å²) in [5.74, 6) is 0. The molecule has 0 aromatic heterocycles. The molecule has 0 aromatic carbocycles. The number of unbranched alkanes of at least 4 members (excludes halogenated alkanes) is 1. The molecule has 4 heteroatoms. The van der Waals surface area contributed by atoms with Gasteiger partial charge in [-0.1, -0.05) is 13.3 Å². The zero-order valence-corrected chi connectivity index (χ0v) is 8.80. The number of nitrogens with one attached hydrogen (secondary N) is 1. The highest BCUT2D eigenvalue weighted by atomic mass is 16.5. The molecule has 0 saturated carbocycles. The van der Waals surface area contributed by atoms with Gasteiger partial charge in [0.25, 0.3) is 0 Å². The fourth-order valence-electron chi connectivity index (χ4n) is 0.737. The van der Waals surface area contributed by atoms with Crippen LogP contribution in [0.3, 0.4) is 0 Å². The Labute approximate surface area is 80.2 Å². The Kier molecular flexibility index (Phi) is 7.39. The largest absolute Gasteiger partial charge is 0.380 e. The second-order valence-corrected chi connectivity index (χ2v) is 3.09. The summed E-state index contributed by atoms with van der Waals surface area (Å²) < 4.78 is 5.27. The van der Waals surface area contributed by atoms with Crippen molar-refractivity contribution >= 4 is 6.03 Å². The van der Waals surface area contributed by atoms with Crippen LogP contribution >= 0.6 is 0 Å². The summed E-state index contributed by atoms with van der Waals surface area (Å²) in [4.78, 5) is 12.5. The minimum atomic E-state index is -0.0703. The van der Waals surface area contributed by atoms with Crippen LogP contribution in [-0.4, -0.2) is 44.8 Å². The molecule has 0 aromatic rings. The van der Waals surface area contributed by atoms with Crippen molar-refractivity contribution < 1.29 is 9.53 Å². The lowest BCUT2D eigenvalue weighted by molar-refractivity contribution is 0.132. The van der Waals surface area contributed by atoms with Gasteiger partial charge >= 0.3 is 6.03 Å². The predicted octanol–water partition coefficient (Wildman–Crippen LogP) is 1.07. The van der Waals surface area contributed by atoms with Crippen LogP contribution in [0.2, 0.25) is 0 Å². The van der Waals surface area contributed by atoms with Crippen LogP contribution in [0, 0.1) is 0 Å². The molecule has 0 radical (unpaired) electrons.